The molecule has 0 saturated carbocycles. The Hall–Kier alpha value is -0.820. The largest absolute Gasteiger partial charge is 0.353 e. The van der Waals surface area contributed by atoms with E-state index in [9.17, 15) is 0 Å². The number of quaternary nitrogens is 1. The minimum Gasteiger partial charge on any atom is -0.353 e. The fourth-order valence-electron chi connectivity index (χ4n) is 1.15. The van der Waals surface area contributed by atoms with Crippen molar-refractivity contribution in [2.24, 2.45) is 0 Å². The Morgan fingerprint density at radius 1 is 1.18 bits per heavy atom. The van der Waals surface area contributed by atoms with Gasteiger partial charge in [-0.25, -0.2) is 0 Å². The van der Waals surface area contributed by atoms with Crippen LogP contribution in [0.4, 0.5) is 0 Å². The third kappa shape index (κ3) is 3.19. The van der Waals surface area contributed by atoms with Gasteiger partial charge >= 0.3 is 0 Å². The van der Waals surface area contributed by atoms with Gasteiger partial charge in [-0.15, -0.1) is 0 Å². The average Bonchev–Trinajstić information content (AvgIpc) is 1.85. The van der Waals surface area contributed by atoms with E-state index in [0.29, 0.717) is 0 Å². The van der Waals surface area contributed by atoms with E-state index in [2.05, 4.69) is 43.8 Å². The molecule has 0 heterocycles. The predicted octanol–water partition coefficient (Wildman–Crippen LogP) is 1.25. The number of rotatable bonds is 2. The minimum absolute atomic E-state index is 0.154. The smallest absolute Gasteiger partial charge is 0.0929 e. The zero-order chi connectivity index (χ0) is 8.32. The number of hydrogen-bond donors (Lipinski definition) is 1. The molecule has 1 nitrogen and oxygen atoms in total. The molecule has 0 unspecified atom stereocenters. The van der Waals surface area contributed by atoms with Crippen LogP contribution in [-0.4, -0.2) is 5.54 Å². The summed E-state index contributed by atoms with van der Waals surface area (Å²) in [6.07, 6.45) is 1.05. The zero-order valence-corrected chi connectivity index (χ0v) is 7.30. The van der Waals surface area contributed by atoms with E-state index in [4.69, 9.17) is 0 Å². The van der Waals surface area contributed by atoms with Gasteiger partial charge in [0.15, 0.2) is 0 Å². The lowest BCUT2D eigenvalue weighted by Crippen LogP contribution is -2.70. The molecule has 0 saturated heterocycles. The molecule has 0 aliphatic carbocycles. The molecule has 0 atom stereocenters. The molecule has 0 aliphatic rings. The van der Waals surface area contributed by atoms with Gasteiger partial charge in [0.05, 0.1) is 5.54 Å². The quantitative estimate of drug-likeness (QED) is 0.657. The SMILES string of the molecule is CC(C)([NH3+])Cc1ccccc1. The Bertz CT molecular complexity index is 208. The highest BCUT2D eigenvalue weighted by molar-refractivity contribution is 5.16. The maximum Gasteiger partial charge on any atom is 0.0929 e. The monoisotopic (exact) mass is 150 g/mol. The van der Waals surface area contributed by atoms with E-state index in [0.717, 1.165) is 6.42 Å². The second-order valence-electron chi connectivity index (χ2n) is 3.83. The lowest BCUT2D eigenvalue weighted by molar-refractivity contribution is -0.465. The molecule has 1 aromatic rings. The van der Waals surface area contributed by atoms with Gasteiger partial charge in [-0.2, -0.15) is 0 Å². The molecule has 0 radical (unpaired) electrons. The maximum absolute atomic E-state index is 4.07. The van der Waals surface area contributed by atoms with Gasteiger partial charge in [0.1, 0.15) is 0 Å². The van der Waals surface area contributed by atoms with Gasteiger partial charge < -0.3 is 5.73 Å². The van der Waals surface area contributed by atoms with Crippen LogP contribution in [0.1, 0.15) is 19.4 Å². The van der Waals surface area contributed by atoms with Crippen LogP contribution >= 0.6 is 0 Å². The lowest BCUT2D eigenvalue weighted by Gasteiger charge is -2.13. The summed E-state index contributed by atoms with van der Waals surface area (Å²) in [6.45, 7) is 4.31. The van der Waals surface area contributed by atoms with E-state index in [1.165, 1.54) is 5.56 Å². The highest BCUT2D eigenvalue weighted by Crippen LogP contribution is 2.06. The minimum atomic E-state index is 0.154. The van der Waals surface area contributed by atoms with Crippen molar-refractivity contribution in [3.63, 3.8) is 0 Å². The fraction of sp³-hybridized carbons (Fsp3) is 0.400. The summed E-state index contributed by atoms with van der Waals surface area (Å²) in [5, 5.41) is 0. The molecule has 11 heavy (non-hydrogen) atoms. The van der Waals surface area contributed by atoms with Gasteiger partial charge in [-0.05, 0) is 19.4 Å². The van der Waals surface area contributed by atoms with Crippen molar-refractivity contribution >= 4 is 0 Å². The number of benzene rings is 1. The van der Waals surface area contributed by atoms with E-state index < -0.39 is 0 Å². The molecule has 0 fully saturated rings. The Morgan fingerprint density at radius 2 is 1.73 bits per heavy atom. The first-order chi connectivity index (χ1) is 5.08. The summed E-state index contributed by atoms with van der Waals surface area (Å²) in [4.78, 5) is 0. The van der Waals surface area contributed by atoms with Crippen LogP contribution in [0.3, 0.4) is 0 Å². The van der Waals surface area contributed by atoms with Crippen molar-refractivity contribution in [3.8, 4) is 0 Å². The Kier molecular flexibility index (Phi) is 2.30. The van der Waals surface area contributed by atoms with Gasteiger partial charge in [0, 0.05) is 6.42 Å². The van der Waals surface area contributed by atoms with Crippen LogP contribution in [0, 0.1) is 0 Å². The molecule has 0 aromatic heterocycles. The van der Waals surface area contributed by atoms with Crippen LogP contribution in [0.5, 0.6) is 0 Å². The third-order valence-electron chi connectivity index (χ3n) is 1.53. The van der Waals surface area contributed by atoms with Gasteiger partial charge in [0.2, 0.25) is 0 Å². The molecule has 1 aromatic carbocycles. The van der Waals surface area contributed by atoms with Crippen LogP contribution in [-0.2, 0) is 6.42 Å². The highest BCUT2D eigenvalue weighted by Gasteiger charge is 2.14. The topological polar surface area (TPSA) is 27.6 Å². The van der Waals surface area contributed by atoms with Crippen molar-refractivity contribution in [1.29, 1.82) is 0 Å². The van der Waals surface area contributed by atoms with Crippen LogP contribution in [0.25, 0.3) is 0 Å². The molecular formula is C10H16N+. The average molecular weight is 150 g/mol. The van der Waals surface area contributed by atoms with Crippen LogP contribution < -0.4 is 5.73 Å². The van der Waals surface area contributed by atoms with Crippen molar-refractivity contribution in [1.82, 2.24) is 0 Å². The van der Waals surface area contributed by atoms with Gasteiger partial charge in [-0.1, -0.05) is 30.3 Å². The molecular weight excluding hydrogens is 134 g/mol. The fourth-order valence-corrected chi connectivity index (χ4v) is 1.15. The highest BCUT2D eigenvalue weighted by atomic mass is 14.7. The summed E-state index contributed by atoms with van der Waals surface area (Å²) in [6, 6.07) is 10.5. The summed E-state index contributed by atoms with van der Waals surface area (Å²) < 4.78 is 0. The molecule has 1 rings (SSSR count). The standard InChI is InChI=1S/C10H15N/c1-10(2,11)8-9-6-4-3-5-7-9/h3-7H,8,11H2,1-2H3/p+1. The third-order valence-corrected chi connectivity index (χ3v) is 1.53. The molecule has 0 aliphatic heterocycles. The van der Waals surface area contributed by atoms with E-state index >= 15 is 0 Å². The summed E-state index contributed by atoms with van der Waals surface area (Å²) in [7, 11) is 0. The molecule has 60 valence electrons. The summed E-state index contributed by atoms with van der Waals surface area (Å²) in [5.74, 6) is 0. The second-order valence-corrected chi connectivity index (χ2v) is 3.83. The van der Waals surface area contributed by atoms with Crippen LogP contribution in [0.15, 0.2) is 30.3 Å². The van der Waals surface area contributed by atoms with E-state index in [1.807, 2.05) is 6.07 Å². The Morgan fingerprint density at radius 3 is 2.18 bits per heavy atom. The first-order valence-electron chi connectivity index (χ1n) is 3.97. The van der Waals surface area contributed by atoms with Crippen molar-refractivity contribution in [2.75, 3.05) is 0 Å². The van der Waals surface area contributed by atoms with Crippen molar-refractivity contribution < 1.29 is 5.73 Å². The molecule has 0 amide bonds. The molecule has 3 N–H and O–H groups in total. The number of hydrogen-bond acceptors (Lipinski definition) is 0. The molecule has 1 heteroatoms. The Balaban J connectivity index is 2.66. The molecule has 0 spiro atoms. The first kappa shape index (κ1) is 8.28. The van der Waals surface area contributed by atoms with Crippen molar-refractivity contribution in [3.05, 3.63) is 35.9 Å². The van der Waals surface area contributed by atoms with Gasteiger partial charge in [-0.3, -0.25) is 0 Å². The zero-order valence-electron chi connectivity index (χ0n) is 7.30. The predicted molar refractivity (Wildman–Crippen MR) is 47.1 cm³/mol. The van der Waals surface area contributed by atoms with Crippen LogP contribution in [0.2, 0.25) is 0 Å². The maximum atomic E-state index is 4.07. The lowest BCUT2D eigenvalue weighted by atomic mass is 9.96. The van der Waals surface area contributed by atoms with E-state index in [1.54, 1.807) is 0 Å². The van der Waals surface area contributed by atoms with E-state index in [-0.39, 0.29) is 5.54 Å². The second kappa shape index (κ2) is 3.05. The normalized spacial score (nSPS) is 11.5. The first-order valence-corrected chi connectivity index (χ1v) is 3.97. The summed E-state index contributed by atoms with van der Waals surface area (Å²) >= 11 is 0. The van der Waals surface area contributed by atoms with Gasteiger partial charge in [0.25, 0.3) is 0 Å². The Labute approximate surface area is 68.2 Å². The summed E-state index contributed by atoms with van der Waals surface area (Å²) in [5.41, 5.74) is 5.59. The van der Waals surface area contributed by atoms with Crippen molar-refractivity contribution in [2.45, 2.75) is 25.8 Å². The molecule has 0 bridgehead atoms.